The molecule has 1 aliphatic rings. The second kappa shape index (κ2) is 5.41. The molecule has 7 heteroatoms. The fourth-order valence-corrected chi connectivity index (χ4v) is 3.88. The Balaban J connectivity index is 2.03. The molecule has 114 valence electrons. The molecule has 5 nitrogen and oxygen atoms in total. The number of nitriles is 1. The second-order valence-corrected chi connectivity index (χ2v) is 8.25. The molecule has 1 saturated heterocycles. The fraction of sp³-hybridized carbons (Fsp3) is 0.333. The van der Waals surface area contributed by atoms with E-state index in [9.17, 15) is 13.7 Å². The summed E-state index contributed by atoms with van der Waals surface area (Å²) >= 11 is 5.97. The maximum atomic E-state index is 11.7. The molecule has 1 unspecified atom stereocenters. The summed E-state index contributed by atoms with van der Waals surface area (Å²) in [5.41, 5.74) is 1.17. The highest BCUT2D eigenvalue weighted by Crippen LogP contribution is 2.28. The zero-order valence-corrected chi connectivity index (χ0v) is 13.5. The molecule has 0 spiro atoms. The lowest BCUT2D eigenvalue weighted by molar-refractivity contribution is 0.589. The largest absolute Gasteiger partial charge is 0.355 e. The number of nitrogens with zero attached hydrogens (tertiary/aromatic N) is 3. The summed E-state index contributed by atoms with van der Waals surface area (Å²) in [5.74, 6) is 0.637. The van der Waals surface area contributed by atoms with Crippen LogP contribution in [0.3, 0.4) is 0 Å². The van der Waals surface area contributed by atoms with E-state index in [1.54, 1.807) is 24.3 Å². The summed E-state index contributed by atoms with van der Waals surface area (Å²) in [6.45, 7) is 1.03. The van der Waals surface area contributed by atoms with Gasteiger partial charge in [-0.05, 0) is 30.7 Å². The first kappa shape index (κ1) is 15.1. The van der Waals surface area contributed by atoms with Gasteiger partial charge < -0.3 is 4.90 Å². The van der Waals surface area contributed by atoms with Gasteiger partial charge in [0.05, 0.1) is 22.4 Å². The van der Waals surface area contributed by atoms with Crippen LogP contribution in [0.15, 0.2) is 24.3 Å². The Bertz CT molecular complexity index is 890. The monoisotopic (exact) mass is 335 g/mol. The summed E-state index contributed by atoms with van der Waals surface area (Å²) in [6.07, 6.45) is 1.85. The summed E-state index contributed by atoms with van der Waals surface area (Å²) in [5, 5.41) is 10.2. The highest BCUT2D eigenvalue weighted by atomic mass is 35.5. The number of pyridine rings is 1. The summed E-state index contributed by atoms with van der Waals surface area (Å²) in [7, 11) is -3.06. The van der Waals surface area contributed by atoms with Gasteiger partial charge in [0.15, 0.2) is 9.84 Å². The van der Waals surface area contributed by atoms with Gasteiger partial charge in [-0.15, -0.1) is 0 Å². The van der Waals surface area contributed by atoms with Crippen LogP contribution in [-0.2, 0) is 9.84 Å². The van der Waals surface area contributed by atoms with Gasteiger partial charge in [-0.3, -0.25) is 0 Å². The fourth-order valence-electron chi connectivity index (χ4n) is 2.72. The minimum Gasteiger partial charge on any atom is -0.355 e. The standard InChI is InChI=1S/C15H14ClN3O2S/c1-22(20,21)12-4-5-19(9-12)15-6-10(8-17)13-7-11(16)2-3-14(13)18-15/h2-3,6-7,12H,4-5,9H2,1H3. The topological polar surface area (TPSA) is 74.1 Å². The molecule has 0 bridgehead atoms. The third kappa shape index (κ3) is 2.74. The second-order valence-electron chi connectivity index (χ2n) is 5.49. The van der Waals surface area contributed by atoms with Gasteiger partial charge in [0.1, 0.15) is 5.82 Å². The van der Waals surface area contributed by atoms with Crippen molar-refractivity contribution in [2.24, 2.45) is 0 Å². The molecular formula is C15H14ClN3O2S. The third-order valence-corrected chi connectivity index (χ3v) is 5.78. The maximum Gasteiger partial charge on any atom is 0.152 e. The van der Waals surface area contributed by atoms with Crippen LogP contribution in [0.2, 0.25) is 5.02 Å². The van der Waals surface area contributed by atoms with Crippen LogP contribution >= 0.6 is 11.6 Å². The number of halogens is 1. The molecule has 0 radical (unpaired) electrons. The van der Waals surface area contributed by atoms with Crippen LogP contribution in [0.4, 0.5) is 5.82 Å². The number of rotatable bonds is 2. The predicted molar refractivity (Wildman–Crippen MR) is 86.9 cm³/mol. The lowest BCUT2D eigenvalue weighted by atomic mass is 10.1. The number of sulfone groups is 1. The van der Waals surface area contributed by atoms with Gasteiger partial charge in [-0.25, -0.2) is 13.4 Å². The van der Waals surface area contributed by atoms with Crippen molar-refractivity contribution >= 4 is 38.2 Å². The van der Waals surface area contributed by atoms with Crippen LogP contribution in [-0.4, -0.2) is 38.0 Å². The van der Waals surface area contributed by atoms with E-state index in [0.29, 0.717) is 46.8 Å². The SMILES string of the molecule is CS(=O)(=O)C1CCN(c2cc(C#N)c3cc(Cl)ccc3n2)C1. The van der Waals surface area contributed by atoms with Gasteiger partial charge in [0, 0.05) is 29.8 Å². The highest BCUT2D eigenvalue weighted by Gasteiger charge is 2.31. The predicted octanol–water partition coefficient (Wildman–Crippen LogP) is 2.38. The van der Waals surface area contributed by atoms with Gasteiger partial charge in [0.25, 0.3) is 0 Å². The molecule has 22 heavy (non-hydrogen) atoms. The van der Waals surface area contributed by atoms with Crippen molar-refractivity contribution in [2.45, 2.75) is 11.7 Å². The number of hydrogen-bond acceptors (Lipinski definition) is 5. The Labute approximate surface area is 134 Å². The van der Waals surface area contributed by atoms with E-state index in [1.165, 1.54) is 6.26 Å². The van der Waals surface area contributed by atoms with Gasteiger partial charge in [-0.2, -0.15) is 5.26 Å². The molecule has 2 heterocycles. The van der Waals surface area contributed by atoms with E-state index in [4.69, 9.17) is 11.6 Å². The average Bonchev–Trinajstić information content (AvgIpc) is 2.96. The number of fused-ring (bicyclic) bond motifs is 1. The molecule has 1 atom stereocenters. The molecule has 0 aliphatic carbocycles. The quantitative estimate of drug-likeness (QED) is 0.842. The number of aromatic nitrogens is 1. The zero-order chi connectivity index (χ0) is 15.9. The Kier molecular flexibility index (Phi) is 3.71. The molecule has 1 aliphatic heterocycles. The number of anilines is 1. The van der Waals surface area contributed by atoms with E-state index in [0.717, 1.165) is 0 Å². The van der Waals surface area contributed by atoms with E-state index < -0.39 is 9.84 Å². The lowest BCUT2D eigenvalue weighted by Crippen LogP contribution is -2.26. The third-order valence-electron chi connectivity index (χ3n) is 3.95. The molecule has 2 aromatic rings. The number of benzene rings is 1. The molecule has 1 aromatic carbocycles. The highest BCUT2D eigenvalue weighted by molar-refractivity contribution is 7.91. The van der Waals surface area contributed by atoms with Gasteiger partial charge in [0.2, 0.25) is 0 Å². The number of hydrogen-bond donors (Lipinski definition) is 0. The summed E-state index contributed by atoms with van der Waals surface area (Å²) in [6, 6.07) is 9.07. The van der Waals surface area contributed by atoms with Crippen molar-refractivity contribution in [2.75, 3.05) is 24.2 Å². The molecule has 3 rings (SSSR count). The first-order chi connectivity index (χ1) is 10.4. The first-order valence-corrected chi connectivity index (χ1v) is 9.16. The molecule has 0 saturated carbocycles. The zero-order valence-electron chi connectivity index (χ0n) is 12.0. The van der Waals surface area contributed by atoms with Crippen molar-refractivity contribution < 1.29 is 8.42 Å². The van der Waals surface area contributed by atoms with Crippen LogP contribution in [0.5, 0.6) is 0 Å². The normalized spacial score (nSPS) is 18.6. The smallest absolute Gasteiger partial charge is 0.152 e. The average molecular weight is 336 g/mol. The molecule has 0 amide bonds. The summed E-state index contributed by atoms with van der Waals surface area (Å²) < 4.78 is 23.3. The minimum absolute atomic E-state index is 0.374. The van der Waals surface area contributed by atoms with Crippen molar-refractivity contribution in [1.29, 1.82) is 5.26 Å². The van der Waals surface area contributed by atoms with Crippen molar-refractivity contribution in [3.8, 4) is 6.07 Å². The van der Waals surface area contributed by atoms with Gasteiger partial charge >= 0.3 is 0 Å². The van der Waals surface area contributed by atoms with Crippen LogP contribution in [0.25, 0.3) is 10.9 Å². The molecule has 0 N–H and O–H groups in total. The molecular weight excluding hydrogens is 322 g/mol. The van der Waals surface area contributed by atoms with Crippen molar-refractivity contribution in [1.82, 2.24) is 4.98 Å². The van der Waals surface area contributed by atoms with E-state index >= 15 is 0 Å². The molecule has 1 fully saturated rings. The Morgan fingerprint density at radius 2 is 2.18 bits per heavy atom. The van der Waals surface area contributed by atoms with Crippen molar-refractivity contribution in [3.05, 3.63) is 34.9 Å². The van der Waals surface area contributed by atoms with Crippen LogP contribution in [0.1, 0.15) is 12.0 Å². The van der Waals surface area contributed by atoms with E-state index in [2.05, 4.69) is 11.1 Å². The van der Waals surface area contributed by atoms with Crippen LogP contribution < -0.4 is 4.90 Å². The van der Waals surface area contributed by atoms with E-state index in [-0.39, 0.29) is 5.25 Å². The van der Waals surface area contributed by atoms with Crippen LogP contribution in [0, 0.1) is 11.3 Å². The Morgan fingerprint density at radius 1 is 1.41 bits per heavy atom. The lowest BCUT2D eigenvalue weighted by Gasteiger charge is -2.18. The summed E-state index contributed by atoms with van der Waals surface area (Å²) in [4.78, 5) is 6.46. The Morgan fingerprint density at radius 3 is 2.82 bits per heavy atom. The maximum absolute atomic E-state index is 11.7. The Hall–Kier alpha value is -1.84. The van der Waals surface area contributed by atoms with Gasteiger partial charge in [-0.1, -0.05) is 11.6 Å². The van der Waals surface area contributed by atoms with Crippen molar-refractivity contribution in [3.63, 3.8) is 0 Å². The minimum atomic E-state index is -3.06. The molecule has 1 aromatic heterocycles. The van der Waals surface area contributed by atoms with E-state index in [1.807, 2.05) is 4.90 Å². The first-order valence-electron chi connectivity index (χ1n) is 6.83.